The van der Waals surface area contributed by atoms with E-state index in [-0.39, 0.29) is 5.91 Å². The van der Waals surface area contributed by atoms with Gasteiger partial charge in [-0.05, 0) is 31.2 Å². The van der Waals surface area contributed by atoms with Crippen molar-refractivity contribution < 1.29 is 4.79 Å². The van der Waals surface area contributed by atoms with Gasteiger partial charge in [-0.1, -0.05) is 44.2 Å². The quantitative estimate of drug-likeness (QED) is 0.756. The number of nitrogens with zero attached hydrogens (tertiary/aromatic N) is 2. The summed E-state index contributed by atoms with van der Waals surface area (Å²) in [5.74, 6) is 0.662. The number of carbonyl (C=O) groups is 1. The molecule has 23 heavy (non-hydrogen) atoms. The molecule has 3 nitrogen and oxygen atoms in total. The molecule has 124 valence electrons. The summed E-state index contributed by atoms with van der Waals surface area (Å²) in [5.41, 5.74) is 2.19. The SMILES string of the molecule is Cc1nc(CC(C)C)sc1C(=O)N(C)CCCc1ccccc1. The second-order valence-electron chi connectivity index (χ2n) is 6.44. The summed E-state index contributed by atoms with van der Waals surface area (Å²) in [6, 6.07) is 10.4. The number of carbonyl (C=O) groups excluding carboxylic acids is 1. The van der Waals surface area contributed by atoms with Gasteiger partial charge in [0.25, 0.3) is 5.91 Å². The van der Waals surface area contributed by atoms with Crippen LogP contribution in [-0.2, 0) is 12.8 Å². The van der Waals surface area contributed by atoms with Crippen LogP contribution in [0.2, 0.25) is 0 Å². The van der Waals surface area contributed by atoms with Crippen LogP contribution in [0.1, 0.15) is 46.2 Å². The molecule has 0 spiro atoms. The van der Waals surface area contributed by atoms with Crippen molar-refractivity contribution >= 4 is 17.2 Å². The van der Waals surface area contributed by atoms with E-state index in [0.29, 0.717) is 5.92 Å². The highest BCUT2D eigenvalue weighted by Gasteiger charge is 2.19. The lowest BCUT2D eigenvalue weighted by atomic mass is 10.1. The summed E-state index contributed by atoms with van der Waals surface area (Å²) in [6.45, 7) is 7.05. The van der Waals surface area contributed by atoms with E-state index in [1.54, 1.807) is 11.3 Å². The maximum atomic E-state index is 12.6. The van der Waals surface area contributed by atoms with E-state index >= 15 is 0 Å². The van der Waals surface area contributed by atoms with Gasteiger partial charge in [-0.25, -0.2) is 4.98 Å². The Morgan fingerprint density at radius 1 is 1.26 bits per heavy atom. The van der Waals surface area contributed by atoms with Gasteiger partial charge < -0.3 is 4.90 Å². The van der Waals surface area contributed by atoms with E-state index in [1.165, 1.54) is 5.56 Å². The highest BCUT2D eigenvalue weighted by molar-refractivity contribution is 7.13. The number of thiazole rings is 1. The molecule has 0 radical (unpaired) electrons. The Labute approximate surface area is 143 Å². The summed E-state index contributed by atoms with van der Waals surface area (Å²) in [5, 5.41) is 1.07. The largest absolute Gasteiger partial charge is 0.341 e. The average molecular weight is 330 g/mol. The summed E-state index contributed by atoms with van der Waals surface area (Å²) in [6.07, 6.45) is 2.91. The molecule has 1 aromatic heterocycles. The van der Waals surface area contributed by atoms with Crippen LogP contribution in [0.3, 0.4) is 0 Å². The Kier molecular flexibility index (Phi) is 6.34. The van der Waals surface area contributed by atoms with E-state index in [1.807, 2.05) is 24.9 Å². The van der Waals surface area contributed by atoms with Crippen LogP contribution in [0, 0.1) is 12.8 Å². The van der Waals surface area contributed by atoms with Crippen LogP contribution in [-0.4, -0.2) is 29.4 Å². The highest BCUT2D eigenvalue weighted by atomic mass is 32.1. The molecule has 0 saturated carbocycles. The van der Waals surface area contributed by atoms with Crippen molar-refractivity contribution in [2.75, 3.05) is 13.6 Å². The first-order chi connectivity index (χ1) is 11.0. The normalized spacial score (nSPS) is 11.0. The molecule has 0 unspecified atom stereocenters. The number of rotatable bonds is 7. The molecular weight excluding hydrogens is 304 g/mol. The van der Waals surface area contributed by atoms with Gasteiger partial charge in [-0.15, -0.1) is 11.3 Å². The Balaban J connectivity index is 1.90. The van der Waals surface area contributed by atoms with Crippen molar-refractivity contribution in [1.29, 1.82) is 0 Å². The lowest BCUT2D eigenvalue weighted by molar-refractivity contribution is 0.0797. The van der Waals surface area contributed by atoms with E-state index in [4.69, 9.17) is 0 Å². The van der Waals surface area contributed by atoms with Gasteiger partial charge >= 0.3 is 0 Å². The molecule has 1 amide bonds. The number of aromatic nitrogens is 1. The standard InChI is InChI=1S/C19H26N2OS/c1-14(2)13-17-20-15(3)18(23-17)19(22)21(4)12-8-11-16-9-6-5-7-10-16/h5-7,9-10,14H,8,11-13H2,1-4H3. The minimum atomic E-state index is 0.100. The first kappa shape index (κ1) is 17.7. The fourth-order valence-electron chi connectivity index (χ4n) is 2.53. The third-order valence-corrected chi connectivity index (χ3v) is 4.93. The molecule has 2 rings (SSSR count). The van der Waals surface area contributed by atoms with Crippen LogP contribution in [0.25, 0.3) is 0 Å². The molecule has 0 fully saturated rings. The smallest absolute Gasteiger partial charge is 0.265 e. The molecule has 0 N–H and O–H groups in total. The maximum Gasteiger partial charge on any atom is 0.265 e. The van der Waals surface area contributed by atoms with Gasteiger partial charge in [-0.3, -0.25) is 4.79 Å². The summed E-state index contributed by atoms with van der Waals surface area (Å²) < 4.78 is 0. The summed E-state index contributed by atoms with van der Waals surface area (Å²) in [4.78, 5) is 19.8. The number of amides is 1. The predicted octanol–water partition coefficient (Wildman–Crippen LogP) is 4.35. The van der Waals surface area contributed by atoms with E-state index in [0.717, 1.165) is 41.4 Å². The van der Waals surface area contributed by atoms with Gasteiger partial charge in [0, 0.05) is 20.0 Å². The fourth-order valence-corrected chi connectivity index (χ4v) is 3.80. The maximum absolute atomic E-state index is 12.6. The number of benzene rings is 1. The fraction of sp³-hybridized carbons (Fsp3) is 0.474. The molecule has 0 aliphatic heterocycles. The molecular formula is C19H26N2OS. The second kappa shape index (κ2) is 8.25. The lowest BCUT2D eigenvalue weighted by Gasteiger charge is -2.16. The molecule has 4 heteroatoms. The Morgan fingerprint density at radius 3 is 2.61 bits per heavy atom. The van der Waals surface area contributed by atoms with Crippen molar-refractivity contribution in [1.82, 2.24) is 9.88 Å². The second-order valence-corrected chi connectivity index (χ2v) is 7.52. The number of hydrogen-bond donors (Lipinski definition) is 0. The number of hydrogen-bond acceptors (Lipinski definition) is 3. The van der Waals surface area contributed by atoms with Gasteiger partial charge in [0.2, 0.25) is 0 Å². The van der Waals surface area contributed by atoms with Crippen molar-refractivity contribution in [2.24, 2.45) is 5.92 Å². The van der Waals surface area contributed by atoms with E-state index in [9.17, 15) is 4.79 Å². The van der Waals surface area contributed by atoms with Gasteiger partial charge in [-0.2, -0.15) is 0 Å². The first-order valence-electron chi connectivity index (χ1n) is 8.23. The summed E-state index contributed by atoms with van der Waals surface area (Å²) in [7, 11) is 1.88. The van der Waals surface area contributed by atoms with Crippen LogP contribution in [0.5, 0.6) is 0 Å². The van der Waals surface area contributed by atoms with Crippen molar-refractivity contribution in [3.05, 3.63) is 51.5 Å². The van der Waals surface area contributed by atoms with Gasteiger partial charge in [0.15, 0.2) is 0 Å². The average Bonchev–Trinajstić information content (AvgIpc) is 2.87. The number of aryl methyl sites for hydroxylation is 2. The van der Waals surface area contributed by atoms with E-state index < -0.39 is 0 Å². The molecule has 0 saturated heterocycles. The molecule has 1 heterocycles. The van der Waals surface area contributed by atoms with Crippen LogP contribution in [0.4, 0.5) is 0 Å². The first-order valence-corrected chi connectivity index (χ1v) is 9.04. The zero-order valence-corrected chi connectivity index (χ0v) is 15.3. The van der Waals surface area contributed by atoms with Crippen molar-refractivity contribution in [3.8, 4) is 0 Å². The third kappa shape index (κ3) is 5.17. The molecule has 0 atom stereocenters. The lowest BCUT2D eigenvalue weighted by Crippen LogP contribution is -2.27. The Bertz CT molecular complexity index is 634. The Hall–Kier alpha value is -1.68. The monoisotopic (exact) mass is 330 g/mol. The topological polar surface area (TPSA) is 33.2 Å². The minimum absolute atomic E-state index is 0.100. The summed E-state index contributed by atoms with van der Waals surface area (Å²) >= 11 is 1.55. The minimum Gasteiger partial charge on any atom is -0.341 e. The van der Waals surface area contributed by atoms with Crippen LogP contribution >= 0.6 is 11.3 Å². The Morgan fingerprint density at radius 2 is 1.96 bits per heavy atom. The highest BCUT2D eigenvalue weighted by Crippen LogP contribution is 2.22. The molecule has 2 aromatic rings. The van der Waals surface area contributed by atoms with Crippen molar-refractivity contribution in [3.63, 3.8) is 0 Å². The predicted molar refractivity (Wildman–Crippen MR) is 97.1 cm³/mol. The van der Waals surface area contributed by atoms with Gasteiger partial charge in [0.1, 0.15) is 4.88 Å². The molecule has 0 aliphatic carbocycles. The zero-order chi connectivity index (χ0) is 16.8. The van der Waals surface area contributed by atoms with Gasteiger partial charge in [0.05, 0.1) is 10.7 Å². The van der Waals surface area contributed by atoms with E-state index in [2.05, 4.69) is 43.1 Å². The zero-order valence-electron chi connectivity index (χ0n) is 14.5. The third-order valence-electron chi connectivity index (χ3n) is 3.77. The molecule has 0 bridgehead atoms. The molecule has 0 aliphatic rings. The van der Waals surface area contributed by atoms with Crippen LogP contribution < -0.4 is 0 Å². The van der Waals surface area contributed by atoms with Crippen LogP contribution in [0.15, 0.2) is 30.3 Å². The van der Waals surface area contributed by atoms with Crippen molar-refractivity contribution in [2.45, 2.75) is 40.0 Å². The molecule has 1 aromatic carbocycles.